The second kappa shape index (κ2) is 12.6. The van der Waals surface area contributed by atoms with Gasteiger partial charge in [-0.25, -0.2) is 4.98 Å². The van der Waals surface area contributed by atoms with Gasteiger partial charge in [-0.3, -0.25) is 14.6 Å². The van der Waals surface area contributed by atoms with Crippen molar-refractivity contribution in [1.29, 1.82) is 0 Å². The van der Waals surface area contributed by atoms with Crippen LogP contribution < -0.4 is 24.4 Å². The van der Waals surface area contributed by atoms with E-state index >= 15 is 0 Å². The number of aliphatic carboxylic acids is 1. The van der Waals surface area contributed by atoms with E-state index in [1.807, 2.05) is 31.2 Å². The number of piperidine rings is 1. The van der Waals surface area contributed by atoms with Gasteiger partial charge in [-0.15, -0.1) is 0 Å². The predicted octanol–water partition coefficient (Wildman–Crippen LogP) is 3.57. The fourth-order valence-corrected chi connectivity index (χ4v) is 4.02. The number of carboxylic acids is 1. The summed E-state index contributed by atoms with van der Waals surface area (Å²) in [5.74, 6) is 1.61. The minimum absolute atomic E-state index is 0.0364. The van der Waals surface area contributed by atoms with E-state index in [4.69, 9.17) is 19.3 Å². The highest BCUT2D eigenvalue weighted by atomic mass is 16.5. The number of carbonyl (C=O) groups excluding carboxylic acids is 1. The van der Waals surface area contributed by atoms with Crippen molar-refractivity contribution < 1.29 is 28.9 Å². The smallest absolute Gasteiger partial charge is 0.307 e. The Labute approximate surface area is 215 Å². The molecule has 2 heterocycles. The predicted molar refractivity (Wildman–Crippen MR) is 137 cm³/mol. The number of ether oxygens (including phenoxy) is 3. The van der Waals surface area contributed by atoms with E-state index in [0.717, 1.165) is 30.9 Å². The fourth-order valence-electron chi connectivity index (χ4n) is 4.02. The van der Waals surface area contributed by atoms with Crippen LogP contribution in [0.15, 0.2) is 60.9 Å². The number of nitrogens with one attached hydrogen (secondary N) is 1. The monoisotopic (exact) mass is 506 g/mol. The molecule has 0 unspecified atom stereocenters. The molecule has 0 radical (unpaired) electrons. The molecule has 1 saturated heterocycles. The van der Waals surface area contributed by atoms with Crippen molar-refractivity contribution in [2.75, 3.05) is 36.5 Å². The Hall–Kier alpha value is -4.34. The SMILES string of the molecule is CCOc1ccccc1O[C@@H]1CCCN(c2cncc(NC(=O)COc3ccc(CC(=O)O)cc3)n2)C1. The Morgan fingerprint density at radius 3 is 2.62 bits per heavy atom. The van der Waals surface area contributed by atoms with E-state index in [1.54, 1.807) is 30.5 Å². The summed E-state index contributed by atoms with van der Waals surface area (Å²) in [6.07, 6.45) is 4.89. The summed E-state index contributed by atoms with van der Waals surface area (Å²) in [6.45, 7) is 3.73. The normalized spacial score (nSPS) is 15.1. The molecule has 0 aliphatic carbocycles. The van der Waals surface area contributed by atoms with E-state index in [2.05, 4.69) is 20.2 Å². The lowest BCUT2D eigenvalue weighted by Crippen LogP contribution is -2.41. The Morgan fingerprint density at radius 1 is 1.08 bits per heavy atom. The molecule has 194 valence electrons. The number of nitrogens with zero attached hydrogens (tertiary/aromatic N) is 3. The highest BCUT2D eigenvalue weighted by Crippen LogP contribution is 2.30. The molecule has 1 aliphatic rings. The second-order valence-corrected chi connectivity index (χ2v) is 8.52. The molecular formula is C27H30N4O6. The number of carboxylic acid groups (broad SMARTS) is 1. The van der Waals surface area contributed by atoms with Gasteiger partial charge in [-0.2, -0.15) is 0 Å². The molecule has 1 amide bonds. The third kappa shape index (κ3) is 7.57. The molecule has 10 nitrogen and oxygen atoms in total. The second-order valence-electron chi connectivity index (χ2n) is 8.52. The van der Waals surface area contributed by atoms with Crippen LogP contribution in [0.1, 0.15) is 25.3 Å². The van der Waals surface area contributed by atoms with Crippen molar-refractivity contribution in [3.05, 3.63) is 66.5 Å². The topological polar surface area (TPSA) is 123 Å². The van der Waals surface area contributed by atoms with Crippen LogP contribution in [0, 0.1) is 0 Å². The lowest BCUT2D eigenvalue weighted by atomic mass is 10.1. The van der Waals surface area contributed by atoms with Crippen LogP contribution in [0.3, 0.4) is 0 Å². The summed E-state index contributed by atoms with van der Waals surface area (Å²) < 4.78 is 17.4. The lowest BCUT2D eigenvalue weighted by molar-refractivity contribution is -0.136. The average molecular weight is 507 g/mol. The molecule has 2 N–H and O–H groups in total. The molecule has 0 saturated carbocycles. The summed E-state index contributed by atoms with van der Waals surface area (Å²) in [5.41, 5.74) is 0.653. The quantitative estimate of drug-likeness (QED) is 0.402. The average Bonchev–Trinajstić information content (AvgIpc) is 2.90. The van der Waals surface area contributed by atoms with E-state index in [1.165, 1.54) is 6.20 Å². The number of hydrogen-bond acceptors (Lipinski definition) is 8. The maximum absolute atomic E-state index is 12.4. The number of aromatic nitrogens is 2. The van der Waals surface area contributed by atoms with Crippen LogP contribution in [0.5, 0.6) is 17.2 Å². The van der Waals surface area contributed by atoms with Gasteiger partial charge < -0.3 is 29.5 Å². The number of para-hydroxylation sites is 2. The van der Waals surface area contributed by atoms with Crippen molar-refractivity contribution in [3.8, 4) is 17.2 Å². The fraction of sp³-hybridized carbons (Fsp3) is 0.333. The Balaban J connectivity index is 1.31. The van der Waals surface area contributed by atoms with Gasteiger partial charge in [0, 0.05) is 6.54 Å². The van der Waals surface area contributed by atoms with Gasteiger partial charge in [0.15, 0.2) is 23.9 Å². The van der Waals surface area contributed by atoms with Crippen molar-refractivity contribution in [2.24, 2.45) is 0 Å². The first kappa shape index (κ1) is 25.7. The molecule has 1 atom stereocenters. The number of carbonyl (C=O) groups is 2. The lowest BCUT2D eigenvalue weighted by Gasteiger charge is -2.33. The molecule has 0 bridgehead atoms. The maximum Gasteiger partial charge on any atom is 0.307 e. The standard InChI is InChI=1S/C27H30N4O6/c1-2-35-22-7-3-4-8-23(22)37-21-6-5-13-31(17-21)25-16-28-15-24(29-25)30-26(32)18-36-20-11-9-19(10-12-20)14-27(33)34/h3-4,7-12,15-16,21H,2,5-6,13-14,17-18H2,1H3,(H,33,34)(H,29,30,32)/t21-/m1/s1. The van der Waals surface area contributed by atoms with Gasteiger partial charge in [0.25, 0.3) is 5.91 Å². The van der Waals surface area contributed by atoms with Crippen molar-refractivity contribution in [3.63, 3.8) is 0 Å². The zero-order chi connectivity index (χ0) is 26.0. The number of rotatable bonds is 11. The molecule has 4 rings (SSSR count). The van der Waals surface area contributed by atoms with Gasteiger partial charge in [0.1, 0.15) is 17.7 Å². The summed E-state index contributed by atoms with van der Waals surface area (Å²) in [6, 6.07) is 14.2. The van der Waals surface area contributed by atoms with E-state index < -0.39 is 5.97 Å². The summed E-state index contributed by atoms with van der Waals surface area (Å²) in [7, 11) is 0. The van der Waals surface area contributed by atoms with Crippen LogP contribution in [0.4, 0.5) is 11.6 Å². The van der Waals surface area contributed by atoms with Crippen LogP contribution >= 0.6 is 0 Å². The van der Waals surface area contributed by atoms with Gasteiger partial charge in [0.2, 0.25) is 0 Å². The third-order valence-corrected chi connectivity index (χ3v) is 5.68. The number of anilines is 2. The van der Waals surface area contributed by atoms with Crippen LogP contribution in [-0.2, 0) is 16.0 Å². The van der Waals surface area contributed by atoms with Crippen molar-refractivity contribution >= 4 is 23.5 Å². The first-order chi connectivity index (χ1) is 18.0. The minimum Gasteiger partial charge on any atom is -0.490 e. The molecule has 3 aromatic rings. The minimum atomic E-state index is -0.907. The Bertz CT molecular complexity index is 1200. The molecule has 1 aromatic heterocycles. The number of hydrogen-bond donors (Lipinski definition) is 2. The summed E-state index contributed by atoms with van der Waals surface area (Å²) in [4.78, 5) is 34.1. The van der Waals surface area contributed by atoms with E-state index in [-0.39, 0.29) is 25.0 Å². The first-order valence-electron chi connectivity index (χ1n) is 12.2. The first-order valence-corrected chi connectivity index (χ1v) is 12.2. The molecule has 10 heteroatoms. The zero-order valence-electron chi connectivity index (χ0n) is 20.6. The van der Waals surface area contributed by atoms with Gasteiger partial charge >= 0.3 is 5.97 Å². The van der Waals surface area contributed by atoms with Gasteiger partial charge in [-0.05, 0) is 49.6 Å². The van der Waals surface area contributed by atoms with E-state index in [9.17, 15) is 9.59 Å². The number of benzene rings is 2. The van der Waals surface area contributed by atoms with Crippen LogP contribution in [0.2, 0.25) is 0 Å². The molecule has 37 heavy (non-hydrogen) atoms. The third-order valence-electron chi connectivity index (χ3n) is 5.68. The zero-order valence-corrected chi connectivity index (χ0v) is 20.6. The molecule has 2 aromatic carbocycles. The highest BCUT2D eigenvalue weighted by molar-refractivity contribution is 5.91. The molecule has 0 spiro atoms. The largest absolute Gasteiger partial charge is 0.490 e. The van der Waals surface area contributed by atoms with Crippen molar-refractivity contribution in [1.82, 2.24) is 9.97 Å². The van der Waals surface area contributed by atoms with Gasteiger partial charge in [0.05, 0.1) is 32.0 Å². The number of amides is 1. The maximum atomic E-state index is 12.4. The van der Waals surface area contributed by atoms with Crippen molar-refractivity contribution in [2.45, 2.75) is 32.3 Å². The molecule has 1 fully saturated rings. The van der Waals surface area contributed by atoms with E-state index in [0.29, 0.717) is 36.1 Å². The molecule has 1 aliphatic heterocycles. The summed E-state index contributed by atoms with van der Waals surface area (Å²) in [5, 5.41) is 11.6. The van der Waals surface area contributed by atoms with Crippen LogP contribution in [0.25, 0.3) is 0 Å². The Morgan fingerprint density at radius 2 is 1.86 bits per heavy atom. The van der Waals surface area contributed by atoms with Gasteiger partial charge in [-0.1, -0.05) is 24.3 Å². The van der Waals surface area contributed by atoms with Crippen LogP contribution in [-0.4, -0.2) is 59.4 Å². The summed E-state index contributed by atoms with van der Waals surface area (Å²) >= 11 is 0. The Kier molecular flexibility index (Phi) is 8.75. The highest BCUT2D eigenvalue weighted by Gasteiger charge is 2.24. The molecular weight excluding hydrogens is 476 g/mol.